The molecule has 6 nitrogen and oxygen atoms in total. The van der Waals surface area contributed by atoms with E-state index in [4.69, 9.17) is 4.99 Å². The molecule has 1 saturated carbocycles. The van der Waals surface area contributed by atoms with E-state index in [-0.39, 0.29) is 30.2 Å². The number of halogens is 1. The molecular weight excluding hydrogens is 335 g/mol. The van der Waals surface area contributed by atoms with Crippen molar-refractivity contribution in [2.75, 3.05) is 13.1 Å². The lowest BCUT2D eigenvalue weighted by Crippen LogP contribution is -2.46. The van der Waals surface area contributed by atoms with E-state index in [1.54, 1.807) is 17.0 Å². The fraction of sp³-hybridized carbons (Fsp3) is 0.526. The number of fused-ring (bicyclic) bond motifs is 2. The molecule has 1 aromatic rings. The van der Waals surface area contributed by atoms with Crippen LogP contribution in [-0.2, 0) is 11.3 Å². The minimum atomic E-state index is -0.687. The monoisotopic (exact) mass is 358 g/mol. The van der Waals surface area contributed by atoms with Crippen LogP contribution in [0.4, 0.5) is 9.18 Å². The van der Waals surface area contributed by atoms with Gasteiger partial charge in [-0.25, -0.2) is 9.18 Å². The Bertz CT molecular complexity index is 781. The maximum atomic E-state index is 13.2. The Morgan fingerprint density at radius 1 is 1.46 bits per heavy atom. The molecular formula is C19H23FN4O2. The third kappa shape index (κ3) is 2.75. The molecule has 4 rings (SSSR count). The normalized spacial score (nSPS) is 29.7. The number of hydrogen-bond acceptors (Lipinski definition) is 3. The number of aliphatic imine (C=N–C) groups is 1. The molecule has 138 valence electrons. The van der Waals surface area contributed by atoms with Gasteiger partial charge in [-0.2, -0.15) is 0 Å². The van der Waals surface area contributed by atoms with Gasteiger partial charge in [0, 0.05) is 32.0 Å². The van der Waals surface area contributed by atoms with Gasteiger partial charge in [0.15, 0.2) is 0 Å². The molecule has 3 amide bonds. The first-order valence-electron chi connectivity index (χ1n) is 9.19. The number of hydrogen-bond donors (Lipinski definition) is 2. The number of likely N-dealkylation sites (tertiary alicyclic amines) is 1. The van der Waals surface area contributed by atoms with Crippen LogP contribution in [0.1, 0.15) is 31.7 Å². The van der Waals surface area contributed by atoms with Gasteiger partial charge in [0.2, 0.25) is 0 Å². The molecule has 1 spiro atoms. The minimum Gasteiger partial charge on any atom is -0.334 e. The fourth-order valence-electron chi connectivity index (χ4n) is 4.54. The highest BCUT2D eigenvalue weighted by atomic mass is 19.1. The molecule has 1 aliphatic carbocycles. The zero-order chi connectivity index (χ0) is 18.3. The smallest absolute Gasteiger partial charge is 0.317 e. The second-order valence-corrected chi connectivity index (χ2v) is 7.39. The van der Waals surface area contributed by atoms with Crippen molar-refractivity contribution in [3.63, 3.8) is 0 Å². The Labute approximate surface area is 151 Å². The molecule has 2 N–H and O–H groups in total. The maximum absolute atomic E-state index is 13.2. The van der Waals surface area contributed by atoms with Crippen LogP contribution < -0.4 is 10.6 Å². The summed E-state index contributed by atoms with van der Waals surface area (Å²) in [5, 5.41) is 5.75. The van der Waals surface area contributed by atoms with E-state index in [1.807, 2.05) is 6.92 Å². The maximum Gasteiger partial charge on any atom is 0.317 e. The highest BCUT2D eigenvalue weighted by Crippen LogP contribution is 2.48. The SMILES string of the molecule is CCC1=N[C@@]2(CC[C@@H]3CN(C(=O)NCc4cccc(F)c4)C[C@@H]32)C(=O)N1. The van der Waals surface area contributed by atoms with Crippen LogP contribution >= 0.6 is 0 Å². The fourth-order valence-corrected chi connectivity index (χ4v) is 4.54. The van der Waals surface area contributed by atoms with E-state index >= 15 is 0 Å². The van der Waals surface area contributed by atoms with Crippen molar-refractivity contribution in [3.8, 4) is 0 Å². The van der Waals surface area contributed by atoms with Crippen molar-refractivity contribution in [2.45, 2.75) is 38.3 Å². The number of nitrogens with zero attached hydrogens (tertiary/aromatic N) is 2. The van der Waals surface area contributed by atoms with Crippen molar-refractivity contribution in [3.05, 3.63) is 35.6 Å². The van der Waals surface area contributed by atoms with Gasteiger partial charge >= 0.3 is 6.03 Å². The average Bonchev–Trinajstić information content (AvgIpc) is 3.28. The van der Waals surface area contributed by atoms with Gasteiger partial charge in [-0.1, -0.05) is 19.1 Å². The molecule has 0 radical (unpaired) electrons. The van der Waals surface area contributed by atoms with Gasteiger partial charge in [-0.05, 0) is 36.5 Å². The van der Waals surface area contributed by atoms with Crippen molar-refractivity contribution in [2.24, 2.45) is 16.8 Å². The predicted octanol–water partition coefficient (Wildman–Crippen LogP) is 2.05. The summed E-state index contributed by atoms with van der Waals surface area (Å²) in [5.74, 6) is 0.812. The number of rotatable bonds is 3. The molecule has 1 aromatic carbocycles. The Balaban J connectivity index is 1.41. The van der Waals surface area contributed by atoms with Gasteiger partial charge in [-0.3, -0.25) is 9.79 Å². The Morgan fingerprint density at radius 3 is 3.04 bits per heavy atom. The van der Waals surface area contributed by atoms with E-state index in [9.17, 15) is 14.0 Å². The molecule has 0 unspecified atom stereocenters. The molecule has 2 aliphatic heterocycles. The number of amides is 3. The Hall–Kier alpha value is -2.44. The minimum absolute atomic E-state index is 0.0103. The first-order valence-corrected chi connectivity index (χ1v) is 9.19. The first kappa shape index (κ1) is 17.0. The zero-order valence-corrected chi connectivity index (χ0v) is 14.8. The average molecular weight is 358 g/mol. The van der Waals surface area contributed by atoms with Crippen molar-refractivity contribution in [1.29, 1.82) is 0 Å². The summed E-state index contributed by atoms with van der Waals surface area (Å²) < 4.78 is 13.2. The largest absolute Gasteiger partial charge is 0.334 e. The summed E-state index contributed by atoms with van der Waals surface area (Å²) >= 11 is 0. The summed E-state index contributed by atoms with van der Waals surface area (Å²) in [4.78, 5) is 31.6. The molecule has 1 saturated heterocycles. The predicted molar refractivity (Wildman–Crippen MR) is 95.0 cm³/mol. The van der Waals surface area contributed by atoms with Crippen LogP contribution in [0.3, 0.4) is 0 Å². The summed E-state index contributed by atoms with van der Waals surface area (Å²) in [5.41, 5.74) is 0.0368. The van der Waals surface area contributed by atoms with Crippen LogP contribution in [0.5, 0.6) is 0 Å². The molecule has 0 bridgehead atoms. The Kier molecular flexibility index (Phi) is 4.17. The summed E-state index contributed by atoms with van der Waals surface area (Å²) in [7, 11) is 0. The number of nitrogens with one attached hydrogen (secondary N) is 2. The van der Waals surface area contributed by atoms with Gasteiger partial charge < -0.3 is 15.5 Å². The molecule has 3 atom stereocenters. The topological polar surface area (TPSA) is 73.8 Å². The highest BCUT2D eigenvalue weighted by Gasteiger charge is 2.59. The third-order valence-electron chi connectivity index (χ3n) is 5.89. The number of benzene rings is 1. The first-order chi connectivity index (χ1) is 12.5. The second kappa shape index (κ2) is 6.37. The van der Waals surface area contributed by atoms with Gasteiger partial charge in [0.05, 0.1) is 0 Å². The molecule has 3 aliphatic rings. The molecule has 2 fully saturated rings. The van der Waals surface area contributed by atoms with Crippen LogP contribution in [0.25, 0.3) is 0 Å². The number of amidine groups is 1. The van der Waals surface area contributed by atoms with Crippen LogP contribution in [0, 0.1) is 17.7 Å². The van der Waals surface area contributed by atoms with E-state index in [0.717, 1.165) is 24.2 Å². The summed E-state index contributed by atoms with van der Waals surface area (Å²) in [6.07, 6.45) is 2.38. The van der Waals surface area contributed by atoms with Gasteiger partial charge in [0.25, 0.3) is 5.91 Å². The van der Waals surface area contributed by atoms with E-state index in [2.05, 4.69) is 10.6 Å². The quantitative estimate of drug-likeness (QED) is 0.868. The van der Waals surface area contributed by atoms with E-state index in [0.29, 0.717) is 25.4 Å². The highest BCUT2D eigenvalue weighted by molar-refractivity contribution is 6.08. The number of carbonyl (C=O) groups is 2. The van der Waals surface area contributed by atoms with E-state index in [1.165, 1.54) is 12.1 Å². The van der Waals surface area contributed by atoms with Crippen molar-refractivity contribution >= 4 is 17.8 Å². The van der Waals surface area contributed by atoms with Gasteiger partial charge in [-0.15, -0.1) is 0 Å². The van der Waals surface area contributed by atoms with Crippen molar-refractivity contribution in [1.82, 2.24) is 15.5 Å². The zero-order valence-electron chi connectivity index (χ0n) is 14.8. The standard InChI is InChI=1S/C19H23FN4O2/c1-2-16-22-17(25)19(23-16)7-6-13-10-24(11-15(13)19)18(26)21-9-12-4-3-5-14(20)8-12/h3-5,8,13,15H,2,6-7,9-11H2,1H3,(H,21,26)(H,22,23,25)/t13-,15+,19-/m1/s1. The van der Waals surface area contributed by atoms with Crippen LogP contribution in [-0.4, -0.2) is 41.3 Å². The molecule has 26 heavy (non-hydrogen) atoms. The van der Waals surface area contributed by atoms with Crippen LogP contribution in [0.15, 0.2) is 29.3 Å². The van der Waals surface area contributed by atoms with Gasteiger partial charge in [0.1, 0.15) is 17.2 Å². The lowest BCUT2D eigenvalue weighted by molar-refractivity contribution is -0.124. The number of urea groups is 1. The summed E-state index contributed by atoms with van der Waals surface area (Å²) in [6, 6.07) is 6.03. The summed E-state index contributed by atoms with van der Waals surface area (Å²) in [6.45, 7) is 3.44. The second-order valence-electron chi connectivity index (χ2n) is 7.39. The Morgan fingerprint density at radius 2 is 2.31 bits per heavy atom. The van der Waals surface area contributed by atoms with Crippen LogP contribution in [0.2, 0.25) is 0 Å². The molecule has 7 heteroatoms. The molecule has 2 heterocycles. The van der Waals surface area contributed by atoms with E-state index < -0.39 is 5.54 Å². The van der Waals surface area contributed by atoms with Crippen molar-refractivity contribution < 1.29 is 14.0 Å². The lowest BCUT2D eigenvalue weighted by Gasteiger charge is -2.25. The lowest BCUT2D eigenvalue weighted by atomic mass is 9.85. The number of carbonyl (C=O) groups excluding carboxylic acids is 2. The third-order valence-corrected chi connectivity index (χ3v) is 5.89. The molecule has 0 aromatic heterocycles.